The number of nitrogens with zero attached hydrogens (tertiary/aromatic N) is 1. The van der Waals surface area contributed by atoms with Crippen LogP contribution in [0.25, 0.3) is 0 Å². The van der Waals surface area contributed by atoms with Crippen molar-refractivity contribution in [1.82, 2.24) is 5.32 Å². The lowest BCUT2D eigenvalue weighted by Gasteiger charge is -2.20. The summed E-state index contributed by atoms with van der Waals surface area (Å²) in [5.74, 6) is 0.387. The second-order valence-corrected chi connectivity index (χ2v) is 10.2. The van der Waals surface area contributed by atoms with Crippen molar-refractivity contribution in [3.8, 4) is 0 Å². The van der Waals surface area contributed by atoms with Crippen molar-refractivity contribution in [2.24, 2.45) is 5.92 Å². The molecular formula is C23H29ClN2O3S. The Morgan fingerprint density at radius 2 is 1.73 bits per heavy atom. The molecule has 1 aliphatic carbocycles. The second-order valence-electron chi connectivity index (χ2n) is 7.85. The van der Waals surface area contributed by atoms with Crippen LogP contribution in [0.15, 0.2) is 53.4 Å². The zero-order valence-electron chi connectivity index (χ0n) is 17.3. The van der Waals surface area contributed by atoms with Gasteiger partial charge in [-0.05, 0) is 42.7 Å². The molecule has 1 aliphatic rings. The lowest BCUT2D eigenvalue weighted by Crippen LogP contribution is -2.28. The summed E-state index contributed by atoms with van der Waals surface area (Å²) in [6, 6.07) is 12.9. The summed E-state index contributed by atoms with van der Waals surface area (Å²) in [6.07, 6.45) is 8.59. The summed E-state index contributed by atoms with van der Waals surface area (Å²) in [5, 5.41) is 3.25. The Morgan fingerprint density at radius 1 is 1.07 bits per heavy atom. The Hall–Kier alpha value is -2.05. The lowest BCUT2D eigenvalue weighted by atomic mass is 9.97. The van der Waals surface area contributed by atoms with E-state index < -0.39 is 10.0 Å². The molecule has 1 fully saturated rings. The first-order valence-electron chi connectivity index (χ1n) is 10.5. The normalized spacial score (nSPS) is 15.4. The molecule has 0 atom stereocenters. The second kappa shape index (κ2) is 10.3. The molecule has 1 saturated carbocycles. The monoisotopic (exact) mass is 448 g/mol. The molecule has 0 spiro atoms. The van der Waals surface area contributed by atoms with Crippen LogP contribution in [0.3, 0.4) is 0 Å². The number of halogens is 1. The van der Waals surface area contributed by atoms with Crippen molar-refractivity contribution in [2.45, 2.75) is 49.8 Å². The van der Waals surface area contributed by atoms with Crippen molar-refractivity contribution >= 4 is 33.2 Å². The van der Waals surface area contributed by atoms with E-state index >= 15 is 0 Å². The molecule has 1 N–H and O–H groups in total. The van der Waals surface area contributed by atoms with Gasteiger partial charge in [-0.25, -0.2) is 8.42 Å². The van der Waals surface area contributed by atoms with Gasteiger partial charge in [-0.15, -0.1) is 0 Å². The zero-order valence-corrected chi connectivity index (χ0v) is 18.9. The van der Waals surface area contributed by atoms with Gasteiger partial charge in [0.2, 0.25) is 0 Å². The molecule has 7 heteroatoms. The van der Waals surface area contributed by atoms with Gasteiger partial charge in [-0.2, -0.15) is 0 Å². The van der Waals surface area contributed by atoms with Crippen molar-refractivity contribution in [3.05, 3.63) is 59.1 Å². The third-order valence-corrected chi connectivity index (χ3v) is 7.90. The molecule has 0 aliphatic heterocycles. The van der Waals surface area contributed by atoms with Gasteiger partial charge in [0.05, 0.1) is 21.2 Å². The average molecular weight is 449 g/mol. The summed E-state index contributed by atoms with van der Waals surface area (Å²) in [7, 11) is -2.25. The molecule has 30 heavy (non-hydrogen) atoms. The molecule has 0 saturated heterocycles. The van der Waals surface area contributed by atoms with Gasteiger partial charge in [0.25, 0.3) is 15.9 Å². The Bertz CT molecular complexity index is 956. The molecular weight excluding hydrogens is 420 g/mol. The first kappa shape index (κ1) is 22.6. The van der Waals surface area contributed by atoms with Gasteiger partial charge in [-0.1, -0.05) is 68.3 Å². The predicted molar refractivity (Wildman–Crippen MR) is 122 cm³/mol. The maximum Gasteiger partial charge on any atom is 0.264 e. The number of nitrogens with one attached hydrogen (secondary N) is 1. The minimum atomic E-state index is -3.72. The van der Waals surface area contributed by atoms with Gasteiger partial charge in [-0.3, -0.25) is 9.10 Å². The lowest BCUT2D eigenvalue weighted by molar-refractivity contribution is 0.0951. The Balaban J connectivity index is 1.69. The summed E-state index contributed by atoms with van der Waals surface area (Å²) in [6.45, 7) is 0.599. The zero-order chi connectivity index (χ0) is 21.6. The van der Waals surface area contributed by atoms with Gasteiger partial charge in [0.15, 0.2) is 0 Å². The average Bonchev–Trinajstić information content (AvgIpc) is 3.03. The van der Waals surface area contributed by atoms with Crippen LogP contribution in [0.2, 0.25) is 5.02 Å². The Kier molecular flexibility index (Phi) is 7.78. The van der Waals surface area contributed by atoms with E-state index in [1.54, 1.807) is 42.5 Å². The van der Waals surface area contributed by atoms with Crippen LogP contribution in [0.4, 0.5) is 5.69 Å². The van der Waals surface area contributed by atoms with E-state index in [-0.39, 0.29) is 16.4 Å². The Morgan fingerprint density at radius 3 is 2.40 bits per heavy atom. The molecule has 162 valence electrons. The van der Waals surface area contributed by atoms with Gasteiger partial charge >= 0.3 is 0 Å². The van der Waals surface area contributed by atoms with Gasteiger partial charge in [0, 0.05) is 13.6 Å². The van der Waals surface area contributed by atoms with Crippen molar-refractivity contribution in [1.29, 1.82) is 0 Å². The molecule has 0 unspecified atom stereocenters. The number of hydrogen-bond acceptors (Lipinski definition) is 3. The number of rotatable bonds is 7. The van der Waals surface area contributed by atoms with Crippen LogP contribution >= 0.6 is 11.6 Å². The fourth-order valence-electron chi connectivity index (χ4n) is 3.91. The quantitative estimate of drug-likeness (QED) is 0.588. The molecule has 0 radical (unpaired) electrons. The SMILES string of the molecule is CN(c1ccc(Cl)c(C(=O)NCCC2CCCCCC2)c1)S(=O)(=O)c1ccccc1. The number of amides is 1. The molecule has 2 aromatic rings. The van der Waals surface area contributed by atoms with E-state index in [4.69, 9.17) is 11.6 Å². The van der Waals surface area contributed by atoms with E-state index in [1.807, 2.05) is 0 Å². The van der Waals surface area contributed by atoms with E-state index in [2.05, 4.69) is 5.32 Å². The largest absolute Gasteiger partial charge is 0.352 e. The first-order chi connectivity index (χ1) is 14.4. The van der Waals surface area contributed by atoms with Crippen LogP contribution in [-0.2, 0) is 10.0 Å². The van der Waals surface area contributed by atoms with Gasteiger partial charge in [0.1, 0.15) is 0 Å². The topological polar surface area (TPSA) is 66.5 Å². The number of sulfonamides is 1. The van der Waals surface area contributed by atoms with Crippen molar-refractivity contribution in [3.63, 3.8) is 0 Å². The first-order valence-corrected chi connectivity index (χ1v) is 12.3. The predicted octanol–water partition coefficient (Wildman–Crippen LogP) is 5.26. The fraction of sp³-hybridized carbons (Fsp3) is 0.435. The smallest absolute Gasteiger partial charge is 0.264 e. The number of anilines is 1. The highest BCUT2D eigenvalue weighted by molar-refractivity contribution is 7.92. The maximum atomic E-state index is 12.9. The van der Waals surface area contributed by atoms with Crippen LogP contribution in [0.5, 0.6) is 0 Å². The number of carbonyl (C=O) groups excluding carboxylic acids is 1. The molecule has 0 aromatic heterocycles. The summed E-state index contributed by atoms with van der Waals surface area (Å²) >= 11 is 6.25. The number of carbonyl (C=O) groups is 1. The van der Waals surface area contributed by atoms with Crippen molar-refractivity contribution in [2.75, 3.05) is 17.9 Å². The summed E-state index contributed by atoms with van der Waals surface area (Å²) in [5.41, 5.74) is 0.669. The molecule has 1 amide bonds. The standard InChI is InChI=1S/C23H29ClN2O3S/c1-26(30(28,29)20-11-7-4-8-12-20)19-13-14-22(24)21(17-19)23(27)25-16-15-18-9-5-2-3-6-10-18/h4,7-8,11-14,17-18H,2-3,5-6,9-10,15-16H2,1H3,(H,25,27). The highest BCUT2D eigenvalue weighted by Crippen LogP contribution is 2.27. The third-order valence-electron chi connectivity index (χ3n) is 5.77. The van der Waals surface area contributed by atoms with Gasteiger partial charge < -0.3 is 5.32 Å². The summed E-state index contributed by atoms with van der Waals surface area (Å²) < 4.78 is 26.9. The fourth-order valence-corrected chi connectivity index (χ4v) is 5.32. The van der Waals surface area contributed by atoms with E-state index in [1.165, 1.54) is 55.9 Å². The molecule has 3 rings (SSSR count). The van der Waals surface area contributed by atoms with Crippen LogP contribution in [0, 0.1) is 5.92 Å². The highest BCUT2D eigenvalue weighted by Gasteiger charge is 2.22. The molecule has 0 bridgehead atoms. The van der Waals surface area contributed by atoms with E-state index in [0.29, 0.717) is 23.2 Å². The van der Waals surface area contributed by atoms with E-state index in [9.17, 15) is 13.2 Å². The van der Waals surface area contributed by atoms with Crippen LogP contribution in [0.1, 0.15) is 55.3 Å². The summed E-state index contributed by atoms with van der Waals surface area (Å²) in [4.78, 5) is 12.9. The van der Waals surface area contributed by atoms with Crippen LogP contribution in [-0.4, -0.2) is 27.9 Å². The van der Waals surface area contributed by atoms with Crippen molar-refractivity contribution < 1.29 is 13.2 Å². The minimum Gasteiger partial charge on any atom is -0.352 e. The van der Waals surface area contributed by atoms with E-state index in [0.717, 1.165) is 6.42 Å². The number of benzene rings is 2. The molecule has 0 heterocycles. The molecule has 5 nitrogen and oxygen atoms in total. The number of hydrogen-bond donors (Lipinski definition) is 1. The minimum absolute atomic E-state index is 0.192. The Labute approximate surface area is 184 Å². The van der Waals surface area contributed by atoms with Crippen LogP contribution < -0.4 is 9.62 Å². The molecule has 2 aromatic carbocycles. The maximum absolute atomic E-state index is 12.9. The highest BCUT2D eigenvalue weighted by atomic mass is 35.5. The third kappa shape index (κ3) is 5.55.